The van der Waals surface area contributed by atoms with Crippen LogP contribution in [0.2, 0.25) is 5.02 Å². The second kappa shape index (κ2) is 10.8. The van der Waals surface area contributed by atoms with E-state index >= 15 is 0 Å². The minimum atomic E-state index is -0.460. The molecule has 2 aliphatic heterocycles. The zero-order valence-electron chi connectivity index (χ0n) is 20.8. The number of benzene rings is 2. The van der Waals surface area contributed by atoms with Crippen molar-refractivity contribution in [3.8, 4) is 5.75 Å². The maximum Gasteiger partial charge on any atom is 0.410 e. The normalized spacial score (nSPS) is 17.7. The predicted molar refractivity (Wildman–Crippen MR) is 140 cm³/mol. The molecule has 0 spiro atoms. The van der Waals surface area contributed by atoms with Crippen molar-refractivity contribution in [3.63, 3.8) is 0 Å². The quantitative estimate of drug-likeness (QED) is 0.426. The lowest BCUT2D eigenvalue weighted by atomic mass is 9.89. The smallest absolute Gasteiger partial charge is 0.410 e. The van der Waals surface area contributed by atoms with Gasteiger partial charge in [0.05, 0.1) is 6.57 Å². The van der Waals surface area contributed by atoms with Crippen molar-refractivity contribution < 1.29 is 14.3 Å². The van der Waals surface area contributed by atoms with Crippen LogP contribution in [0.1, 0.15) is 57.9 Å². The Hall–Kier alpha value is -2.91. The fourth-order valence-corrected chi connectivity index (χ4v) is 4.96. The van der Waals surface area contributed by atoms with Gasteiger partial charge in [-0.2, -0.15) is 0 Å². The summed E-state index contributed by atoms with van der Waals surface area (Å²) in [7, 11) is 0. The zero-order chi connectivity index (χ0) is 25.0. The first-order valence-electron chi connectivity index (χ1n) is 12.4. The summed E-state index contributed by atoms with van der Waals surface area (Å²) in [4.78, 5) is 19.8. The Balaban J connectivity index is 1.24. The van der Waals surface area contributed by atoms with Gasteiger partial charge in [0.15, 0.2) is 0 Å². The summed E-state index contributed by atoms with van der Waals surface area (Å²) in [5.41, 5.74) is 2.39. The molecular weight excluding hydrogens is 462 g/mol. The summed E-state index contributed by atoms with van der Waals surface area (Å²) in [5.74, 6) is 1.36. The maximum atomic E-state index is 12.3. The molecule has 0 unspecified atom stereocenters. The molecule has 0 saturated carbocycles. The molecule has 35 heavy (non-hydrogen) atoms. The second-order valence-corrected chi connectivity index (χ2v) is 10.8. The highest BCUT2D eigenvalue weighted by atomic mass is 35.5. The molecule has 0 N–H and O–H groups in total. The van der Waals surface area contributed by atoms with Crippen LogP contribution in [0.5, 0.6) is 5.75 Å². The molecule has 0 aromatic heterocycles. The SMILES string of the molecule is [C-]#[N+]c1ccc(N2CCC(Oc3ccc(C4CCN(C(=O)OC(C)(C)C)CC4)cc3)CC2)cc1Cl. The third kappa shape index (κ3) is 6.61. The van der Waals surface area contributed by atoms with Gasteiger partial charge in [-0.15, -0.1) is 0 Å². The van der Waals surface area contributed by atoms with Crippen molar-refractivity contribution in [2.45, 2.75) is 64.1 Å². The van der Waals surface area contributed by atoms with E-state index in [-0.39, 0.29) is 12.2 Å². The van der Waals surface area contributed by atoms with Gasteiger partial charge < -0.3 is 19.3 Å². The number of hydrogen-bond acceptors (Lipinski definition) is 4. The molecule has 0 atom stereocenters. The first kappa shape index (κ1) is 25.2. The van der Waals surface area contributed by atoms with Crippen molar-refractivity contribution in [2.75, 3.05) is 31.1 Å². The Bertz CT molecular complexity index is 1060. The van der Waals surface area contributed by atoms with Crippen LogP contribution in [-0.4, -0.2) is 48.9 Å². The van der Waals surface area contributed by atoms with Crippen LogP contribution in [0.3, 0.4) is 0 Å². The number of likely N-dealkylation sites (tertiary alicyclic amines) is 1. The highest BCUT2D eigenvalue weighted by Crippen LogP contribution is 2.33. The van der Waals surface area contributed by atoms with Gasteiger partial charge in [-0.05, 0) is 69.4 Å². The molecule has 0 radical (unpaired) electrons. The van der Waals surface area contributed by atoms with Crippen LogP contribution in [0.4, 0.5) is 16.2 Å². The van der Waals surface area contributed by atoms with Crippen LogP contribution >= 0.6 is 11.6 Å². The standard InChI is InChI=1S/C28H34ClN3O3/c1-28(2,3)35-27(33)32-15-11-21(12-16-32)20-5-8-23(9-6-20)34-24-13-17-31(18-14-24)22-7-10-26(30-4)25(29)19-22/h5-10,19,21,24H,11-18H2,1-3H3. The van der Waals surface area contributed by atoms with Crippen molar-refractivity contribution >= 4 is 29.1 Å². The fraction of sp³-hybridized carbons (Fsp3) is 0.500. The number of nitrogens with zero attached hydrogens (tertiary/aromatic N) is 3. The highest BCUT2D eigenvalue weighted by molar-refractivity contribution is 6.33. The number of hydrogen-bond donors (Lipinski definition) is 0. The third-order valence-electron chi connectivity index (χ3n) is 6.66. The van der Waals surface area contributed by atoms with Gasteiger partial charge in [-0.25, -0.2) is 9.64 Å². The Morgan fingerprint density at radius 1 is 1.00 bits per heavy atom. The lowest BCUT2D eigenvalue weighted by Gasteiger charge is -2.34. The van der Waals surface area contributed by atoms with E-state index < -0.39 is 5.60 Å². The van der Waals surface area contributed by atoms with Gasteiger partial charge in [-0.3, -0.25) is 0 Å². The van der Waals surface area contributed by atoms with E-state index in [9.17, 15) is 4.79 Å². The van der Waals surface area contributed by atoms with E-state index in [0.717, 1.165) is 63.3 Å². The number of carbonyl (C=O) groups is 1. The molecular formula is C28H34ClN3O3. The van der Waals surface area contributed by atoms with E-state index in [2.05, 4.69) is 34.0 Å². The van der Waals surface area contributed by atoms with Crippen molar-refractivity contribution in [2.24, 2.45) is 0 Å². The zero-order valence-corrected chi connectivity index (χ0v) is 21.6. The first-order valence-corrected chi connectivity index (χ1v) is 12.8. The van der Waals surface area contributed by atoms with Crippen LogP contribution in [0.15, 0.2) is 42.5 Å². The number of carbonyl (C=O) groups excluding carboxylic acids is 1. The van der Waals surface area contributed by atoms with E-state index in [1.807, 2.05) is 37.8 Å². The number of anilines is 1. The van der Waals surface area contributed by atoms with Gasteiger partial charge in [-0.1, -0.05) is 29.8 Å². The summed E-state index contributed by atoms with van der Waals surface area (Å²) < 4.78 is 11.8. The second-order valence-electron chi connectivity index (χ2n) is 10.4. The minimum Gasteiger partial charge on any atom is -0.490 e. The lowest BCUT2D eigenvalue weighted by molar-refractivity contribution is 0.0205. The van der Waals surface area contributed by atoms with Gasteiger partial charge in [0.25, 0.3) is 0 Å². The molecule has 2 aromatic carbocycles. The minimum absolute atomic E-state index is 0.187. The predicted octanol–water partition coefficient (Wildman–Crippen LogP) is 7.05. The Kier molecular flexibility index (Phi) is 7.76. The molecule has 2 heterocycles. The molecule has 0 aliphatic carbocycles. The van der Waals surface area contributed by atoms with E-state index in [4.69, 9.17) is 27.6 Å². The summed E-state index contributed by atoms with van der Waals surface area (Å²) in [6.45, 7) is 16.1. The monoisotopic (exact) mass is 495 g/mol. The first-order chi connectivity index (χ1) is 16.7. The van der Waals surface area contributed by atoms with Gasteiger partial charge >= 0.3 is 6.09 Å². The Morgan fingerprint density at radius 3 is 2.23 bits per heavy atom. The molecule has 2 fully saturated rings. The van der Waals surface area contributed by atoms with Crippen molar-refractivity contribution in [1.29, 1.82) is 0 Å². The van der Waals surface area contributed by atoms with E-state index in [1.165, 1.54) is 5.56 Å². The third-order valence-corrected chi connectivity index (χ3v) is 6.96. The largest absolute Gasteiger partial charge is 0.490 e. The Morgan fingerprint density at radius 2 is 1.66 bits per heavy atom. The van der Waals surface area contributed by atoms with Crippen LogP contribution < -0.4 is 9.64 Å². The molecule has 0 bridgehead atoms. The molecule has 2 aliphatic rings. The van der Waals surface area contributed by atoms with Crippen molar-refractivity contribution in [3.05, 3.63) is 64.5 Å². The number of halogens is 1. The number of ether oxygens (including phenoxy) is 2. The van der Waals surface area contributed by atoms with Gasteiger partial charge in [0.2, 0.25) is 5.69 Å². The van der Waals surface area contributed by atoms with Crippen LogP contribution in [-0.2, 0) is 4.74 Å². The van der Waals surface area contributed by atoms with Crippen molar-refractivity contribution in [1.82, 2.24) is 4.90 Å². The maximum absolute atomic E-state index is 12.3. The fourth-order valence-electron chi connectivity index (χ4n) is 4.75. The van der Waals surface area contributed by atoms with Crippen LogP contribution in [0.25, 0.3) is 4.85 Å². The molecule has 7 heteroatoms. The summed E-state index contributed by atoms with van der Waals surface area (Å²) in [5, 5.41) is 0.506. The topological polar surface area (TPSA) is 46.4 Å². The average molecular weight is 496 g/mol. The van der Waals surface area contributed by atoms with E-state index in [1.54, 1.807) is 6.07 Å². The molecule has 6 nitrogen and oxygen atoms in total. The van der Waals surface area contributed by atoms with E-state index in [0.29, 0.717) is 16.6 Å². The number of piperidine rings is 2. The molecule has 2 aromatic rings. The summed E-state index contributed by atoms with van der Waals surface area (Å²) >= 11 is 6.21. The lowest BCUT2D eigenvalue weighted by Crippen LogP contribution is -2.41. The average Bonchev–Trinajstić information content (AvgIpc) is 2.84. The molecule has 4 rings (SSSR count). The number of rotatable bonds is 4. The van der Waals surface area contributed by atoms with Gasteiger partial charge in [0.1, 0.15) is 17.5 Å². The number of amides is 1. The van der Waals surface area contributed by atoms with Crippen LogP contribution in [0, 0.1) is 6.57 Å². The summed E-state index contributed by atoms with van der Waals surface area (Å²) in [6, 6.07) is 14.1. The highest BCUT2D eigenvalue weighted by Gasteiger charge is 2.27. The Labute approximate surface area is 213 Å². The van der Waals surface area contributed by atoms with Gasteiger partial charge in [0, 0.05) is 49.7 Å². The molecule has 186 valence electrons. The summed E-state index contributed by atoms with van der Waals surface area (Å²) in [6.07, 6.45) is 3.74. The molecule has 2 saturated heterocycles. The molecule has 1 amide bonds.